The van der Waals surface area contributed by atoms with Gasteiger partial charge in [0, 0.05) is 0 Å². The number of halogens is 1. The van der Waals surface area contributed by atoms with E-state index >= 15 is 0 Å². The lowest BCUT2D eigenvalue weighted by Crippen LogP contribution is -2.25. The molecule has 0 unspecified atom stereocenters. The Morgan fingerprint density at radius 1 is 1.18 bits per heavy atom. The van der Waals surface area contributed by atoms with E-state index in [1.807, 2.05) is 6.07 Å². The Balaban J connectivity index is 1.25. The molecule has 2 aromatic carbocycles. The number of thioether (sulfide) groups is 1. The summed E-state index contributed by atoms with van der Waals surface area (Å²) in [5, 5.41) is 11.9. The van der Waals surface area contributed by atoms with E-state index in [1.165, 1.54) is 39.0 Å². The summed E-state index contributed by atoms with van der Waals surface area (Å²) in [6, 6.07) is 11.3. The van der Waals surface area contributed by atoms with Crippen LogP contribution in [0, 0.1) is 5.82 Å². The molecule has 0 saturated heterocycles. The van der Waals surface area contributed by atoms with Gasteiger partial charge >= 0.3 is 0 Å². The van der Waals surface area contributed by atoms with Crippen molar-refractivity contribution in [1.29, 1.82) is 0 Å². The first kappa shape index (κ1) is 21.0. The lowest BCUT2D eigenvalue weighted by molar-refractivity contribution is -0.113. The number of nitrogens with zero attached hydrogens (tertiary/aromatic N) is 6. The van der Waals surface area contributed by atoms with Crippen molar-refractivity contribution in [2.75, 3.05) is 16.9 Å². The zero-order chi connectivity index (χ0) is 22.9. The molecule has 0 atom stereocenters. The molecule has 0 aliphatic heterocycles. The molecular weight excluding hydrogens is 467 g/mol. The van der Waals surface area contributed by atoms with Crippen molar-refractivity contribution in [2.24, 2.45) is 0 Å². The minimum Gasteiger partial charge on any atom is -0.335 e. The summed E-state index contributed by atoms with van der Waals surface area (Å²) in [6.45, 7) is 0.0786. The number of fused-ring (bicyclic) bond motifs is 2. The number of aromatic nitrogens is 6. The lowest BCUT2D eigenvalue weighted by atomic mass is 10.2. The van der Waals surface area contributed by atoms with Gasteiger partial charge in [-0.25, -0.2) is 19.0 Å². The number of carbonyl (C=O) groups excluding carboxylic acids is 1. The topological polar surface area (TPSA) is 134 Å². The standard InChI is InChI=1S/C20H15FN8O2S2/c21-11-5-6-14-15(7-11)33-19(24-14)25-17(30)9-32-20-27-26-16(29(20)22)8-28-10-23-13-4-2-1-3-12(13)18(28)31/h1-7,10H,8-9,22H2,(H,24,25,30). The Labute approximate surface area is 193 Å². The number of hydrogen-bond donors (Lipinski definition) is 2. The molecule has 3 N–H and O–H groups in total. The van der Waals surface area contributed by atoms with Crippen molar-refractivity contribution in [1.82, 2.24) is 29.4 Å². The monoisotopic (exact) mass is 482 g/mol. The fraction of sp³-hybridized carbons (Fsp3) is 0.100. The van der Waals surface area contributed by atoms with Gasteiger partial charge in [-0.2, -0.15) is 0 Å². The zero-order valence-electron chi connectivity index (χ0n) is 16.8. The first-order chi connectivity index (χ1) is 16.0. The average molecular weight is 483 g/mol. The van der Waals surface area contributed by atoms with E-state index < -0.39 is 0 Å². The van der Waals surface area contributed by atoms with Crippen molar-refractivity contribution in [2.45, 2.75) is 11.7 Å². The fourth-order valence-corrected chi connectivity index (χ4v) is 4.70. The number of benzene rings is 2. The summed E-state index contributed by atoms with van der Waals surface area (Å²) >= 11 is 2.27. The van der Waals surface area contributed by atoms with E-state index in [9.17, 15) is 14.0 Å². The highest BCUT2D eigenvalue weighted by atomic mass is 32.2. The molecule has 3 heterocycles. The molecule has 10 nitrogen and oxygen atoms in total. The van der Waals surface area contributed by atoms with Gasteiger partial charge in [0.2, 0.25) is 11.1 Å². The maximum absolute atomic E-state index is 13.3. The van der Waals surface area contributed by atoms with Gasteiger partial charge in [-0.1, -0.05) is 35.2 Å². The van der Waals surface area contributed by atoms with Crippen molar-refractivity contribution in [3.8, 4) is 0 Å². The van der Waals surface area contributed by atoms with Crippen LogP contribution < -0.4 is 16.7 Å². The van der Waals surface area contributed by atoms with E-state index in [2.05, 4.69) is 25.5 Å². The Kier molecular flexibility index (Phi) is 5.48. The molecular formula is C20H15FN8O2S2. The molecule has 33 heavy (non-hydrogen) atoms. The summed E-state index contributed by atoms with van der Waals surface area (Å²) in [6.07, 6.45) is 1.43. The van der Waals surface area contributed by atoms with Gasteiger partial charge in [0.25, 0.3) is 5.56 Å². The molecule has 0 aliphatic rings. The van der Waals surface area contributed by atoms with Crippen LogP contribution in [0.4, 0.5) is 9.52 Å². The largest absolute Gasteiger partial charge is 0.335 e. The zero-order valence-corrected chi connectivity index (χ0v) is 18.4. The third kappa shape index (κ3) is 4.27. The van der Waals surface area contributed by atoms with Gasteiger partial charge in [-0.05, 0) is 30.3 Å². The summed E-state index contributed by atoms with van der Waals surface area (Å²) in [4.78, 5) is 33.5. The summed E-state index contributed by atoms with van der Waals surface area (Å²) < 4.78 is 16.6. The van der Waals surface area contributed by atoms with Crippen LogP contribution in [0.2, 0.25) is 0 Å². The van der Waals surface area contributed by atoms with Gasteiger partial charge in [-0.15, -0.1) is 10.2 Å². The first-order valence-electron chi connectivity index (χ1n) is 9.60. The minimum atomic E-state index is -0.362. The van der Waals surface area contributed by atoms with Gasteiger partial charge in [0.15, 0.2) is 11.0 Å². The quantitative estimate of drug-likeness (QED) is 0.278. The van der Waals surface area contributed by atoms with Crippen molar-refractivity contribution in [3.05, 3.63) is 70.8 Å². The van der Waals surface area contributed by atoms with Crippen molar-refractivity contribution < 1.29 is 9.18 Å². The Morgan fingerprint density at radius 3 is 2.91 bits per heavy atom. The van der Waals surface area contributed by atoms with Crippen molar-refractivity contribution >= 4 is 55.3 Å². The molecule has 0 bridgehead atoms. The van der Waals surface area contributed by atoms with Crippen LogP contribution >= 0.6 is 23.1 Å². The number of amides is 1. The third-order valence-corrected chi connectivity index (χ3v) is 6.58. The number of rotatable bonds is 6. The van der Waals surface area contributed by atoms with Crippen LogP contribution in [0.25, 0.3) is 21.1 Å². The van der Waals surface area contributed by atoms with E-state index in [0.717, 1.165) is 11.8 Å². The number of anilines is 1. The van der Waals surface area contributed by atoms with Crippen LogP contribution in [0.5, 0.6) is 0 Å². The molecule has 0 fully saturated rings. The molecule has 0 aliphatic carbocycles. The van der Waals surface area contributed by atoms with E-state index in [1.54, 1.807) is 24.3 Å². The molecule has 166 valence electrons. The molecule has 0 saturated carbocycles. The van der Waals surface area contributed by atoms with Gasteiger partial charge in [-0.3, -0.25) is 14.2 Å². The predicted molar refractivity (Wildman–Crippen MR) is 124 cm³/mol. The SMILES string of the molecule is Nn1c(Cn2cnc3ccccc3c2=O)nnc1SCC(=O)Nc1nc2ccc(F)cc2s1. The third-order valence-electron chi connectivity index (χ3n) is 4.71. The Bertz CT molecular complexity index is 1560. The number of thiazole rings is 1. The summed E-state index contributed by atoms with van der Waals surface area (Å²) in [5.41, 5.74) is 0.996. The molecule has 3 aromatic heterocycles. The smallest absolute Gasteiger partial charge is 0.261 e. The molecule has 5 aromatic rings. The predicted octanol–water partition coefficient (Wildman–Crippen LogP) is 2.23. The van der Waals surface area contributed by atoms with Crippen LogP contribution in [0.15, 0.2) is 58.7 Å². The fourth-order valence-electron chi connectivity index (χ4n) is 3.12. The summed E-state index contributed by atoms with van der Waals surface area (Å²) in [7, 11) is 0. The molecule has 13 heteroatoms. The molecule has 5 rings (SSSR count). The number of nitrogen functional groups attached to an aromatic ring is 1. The maximum atomic E-state index is 13.3. The average Bonchev–Trinajstić information content (AvgIpc) is 3.36. The number of nitrogens with two attached hydrogens (primary N) is 1. The second kappa shape index (κ2) is 8.60. The molecule has 1 amide bonds. The van der Waals surface area contributed by atoms with Gasteiger partial charge in [0.1, 0.15) is 5.82 Å². The van der Waals surface area contributed by atoms with Gasteiger partial charge in [0.05, 0.1) is 39.7 Å². The highest BCUT2D eigenvalue weighted by molar-refractivity contribution is 7.99. The highest BCUT2D eigenvalue weighted by Gasteiger charge is 2.15. The number of carbonyl (C=O) groups is 1. The Hall–Kier alpha value is -3.84. The minimum absolute atomic E-state index is 0.0110. The van der Waals surface area contributed by atoms with Crippen LogP contribution in [0.3, 0.4) is 0 Å². The maximum Gasteiger partial charge on any atom is 0.261 e. The second-order valence-corrected chi connectivity index (χ2v) is 8.90. The second-order valence-electron chi connectivity index (χ2n) is 6.93. The first-order valence-corrected chi connectivity index (χ1v) is 11.4. The van der Waals surface area contributed by atoms with Crippen molar-refractivity contribution in [3.63, 3.8) is 0 Å². The van der Waals surface area contributed by atoms with E-state index in [0.29, 0.717) is 37.2 Å². The molecule has 0 radical (unpaired) electrons. The number of nitrogens with one attached hydrogen (secondary N) is 1. The van der Waals surface area contributed by atoms with Gasteiger partial charge < -0.3 is 11.2 Å². The highest BCUT2D eigenvalue weighted by Crippen LogP contribution is 2.26. The van der Waals surface area contributed by atoms with Crippen LogP contribution in [-0.2, 0) is 11.3 Å². The normalized spacial score (nSPS) is 11.3. The number of para-hydroxylation sites is 1. The molecule has 0 spiro atoms. The van der Waals surface area contributed by atoms with Crippen LogP contribution in [-0.4, -0.2) is 41.1 Å². The Morgan fingerprint density at radius 2 is 2.03 bits per heavy atom. The number of hydrogen-bond acceptors (Lipinski definition) is 9. The lowest BCUT2D eigenvalue weighted by Gasteiger charge is -2.07. The summed E-state index contributed by atoms with van der Waals surface area (Å²) in [5.74, 6) is 5.74. The van der Waals surface area contributed by atoms with E-state index in [4.69, 9.17) is 5.84 Å². The van der Waals surface area contributed by atoms with Crippen LogP contribution in [0.1, 0.15) is 5.82 Å². The van der Waals surface area contributed by atoms with E-state index in [-0.39, 0.29) is 29.6 Å².